The van der Waals surface area contributed by atoms with E-state index in [1.165, 1.54) is 11.3 Å². The fraction of sp³-hybridized carbons (Fsp3) is 0.714. The summed E-state index contributed by atoms with van der Waals surface area (Å²) in [4.78, 5) is 11.7. The maximum absolute atomic E-state index is 6.00. The van der Waals surface area contributed by atoms with Gasteiger partial charge in [0.25, 0.3) is 0 Å². The van der Waals surface area contributed by atoms with Crippen LogP contribution in [0.2, 0.25) is 0 Å². The smallest absolute Gasteiger partial charge is 0.135 e. The minimum atomic E-state index is 0.284. The van der Waals surface area contributed by atoms with Gasteiger partial charge in [-0.05, 0) is 19.8 Å². The Kier molecular flexibility index (Phi) is 3.85. The maximum Gasteiger partial charge on any atom is 0.135 e. The normalized spacial score (nSPS) is 19.9. The Morgan fingerprint density at radius 2 is 2.11 bits per heavy atom. The molecule has 1 aromatic heterocycles. The third-order valence-electron chi connectivity index (χ3n) is 3.61. The number of hydrogen-bond acceptors (Lipinski definition) is 4. The molecule has 1 saturated heterocycles. The molecule has 1 aliphatic heterocycles. The number of nitrogens with zero attached hydrogens (tertiary/aromatic N) is 3. The Hall–Kier alpha value is -1.16. The van der Waals surface area contributed by atoms with Crippen molar-refractivity contribution in [1.29, 1.82) is 0 Å². The summed E-state index contributed by atoms with van der Waals surface area (Å²) in [5.41, 5.74) is 8.38. The molecule has 4 heteroatoms. The van der Waals surface area contributed by atoms with Crippen molar-refractivity contribution in [2.75, 3.05) is 18.0 Å². The quantitative estimate of drug-likeness (QED) is 0.889. The van der Waals surface area contributed by atoms with Gasteiger partial charge in [0.2, 0.25) is 0 Å². The van der Waals surface area contributed by atoms with Crippen LogP contribution in [0.15, 0.2) is 0 Å². The van der Waals surface area contributed by atoms with Gasteiger partial charge < -0.3 is 10.6 Å². The molecule has 0 radical (unpaired) electrons. The van der Waals surface area contributed by atoms with Crippen molar-refractivity contribution in [3.05, 3.63) is 17.1 Å². The maximum atomic E-state index is 6.00. The second-order valence-electron chi connectivity index (χ2n) is 5.48. The molecule has 100 valence electrons. The molecule has 18 heavy (non-hydrogen) atoms. The van der Waals surface area contributed by atoms with Crippen LogP contribution in [0.25, 0.3) is 0 Å². The van der Waals surface area contributed by atoms with Crippen LogP contribution in [0.1, 0.15) is 50.2 Å². The van der Waals surface area contributed by atoms with E-state index < -0.39 is 0 Å². The first-order chi connectivity index (χ1) is 8.52. The van der Waals surface area contributed by atoms with Crippen LogP contribution < -0.4 is 10.6 Å². The van der Waals surface area contributed by atoms with Gasteiger partial charge in [-0.15, -0.1) is 0 Å². The molecule has 0 aromatic carbocycles. The molecule has 0 amide bonds. The van der Waals surface area contributed by atoms with Crippen LogP contribution in [-0.4, -0.2) is 29.1 Å². The van der Waals surface area contributed by atoms with E-state index in [4.69, 9.17) is 10.7 Å². The predicted molar refractivity (Wildman–Crippen MR) is 75.0 cm³/mol. The van der Waals surface area contributed by atoms with Gasteiger partial charge in [0.05, 0.1) is 0 Å². The van der Waals surface area contributed by atoms with Crippen molar-refractivity contribution in [1.82, 2.24) is 9.97 Å². The topological polar surface area (TPSA) is 55.0 Å². The highest BCUT2D eigenvalue weighted by Crippen LogP contribution is 2.25. The molecule has 0 bridgehead atoms. The summed E-state index contributed by atoms with van der Waals surface area (Å²) < 4.78 is 0. The first kappa shape index (κ1) is 13.3. The predicted octanol–water partition coefficient (Wildman–Crippen LogP) is 2.01. The summed E-state index contributed by atoms with van der Waals surface area (Å²) in [7, 11) is 0. The zero-order chi connectivity index (χ0) is 13.3. The van der Waals surface area contributed by atoms with E-state index in [1.54, 1.807) is 0 Å². The van der Waals surface area contributed by atoms with E-state index in [9.17, 15) is 0 Å². The first-order valence-electron chi connectivity index (χ1n) is 6.90. The highest BCUT2D eigenvalue weighted by atomic mass is 15.2. The zero-order valence-electron chi connectivity index (χ0n) is 11.9. The van der Waals surface area contributed by atoms with Gasteiger partial charge in [0.1, 0.15) is 11.6 Å². The molecule has 2 heterocycles. The van der Waals surface area contributed by atoms with Crippen molar-refractivity contribution in [2.24, 2.45) is 5.73 Å². The van der Waals surface area contributed by atoms with E-state index in [0.717, 1.165) is 37.6 Å². The lowest BCUT2D eigenvalue weighted by Crippen LogP contribution is -2.28. The highest BCUT2D eigenvalue weighted by Gasteiger charge is 2.23. The van der Waals surface area contributed by atoms with Crippen molar-refractivity contribution in [3.8, 4) is 0 Å². The fourth-order valence-corrected chi connectivity index (χ4v) is 2.46. The molecule has 4 nitrogen and oxygen atoms in total. The molecule has 1 aliphatic rings. The molecule has 2 N–H and O–H groups in total. The molecule has 0 saturated carbocycles. The van der Waals surface area contributed by atoms with E-state index in [1.807, 2.05) is 0 Å². The molecular formula is C14H24N4. The average molecular weight is 248 g/mol. The molecular weight excluding hydrogens is 224 g/mol. The summed E-state index contributed by atoms with van der Waals surface area (Å²) in [6.07, 6.45) is 2.02. The second kappa shape index (κ2) is 5.22. The Labute approximate surface area is 110 Å². The average Bonchev–Trinajstić information content (AvgIpc) is 2.75. The van der Waals surface area contributed by atoms with Gasteiger partial charge in [-0.3, -0.25) is 0 Å². The Bertz CT molecular complexity index is 428. The van der Waals surface area contributed by atoms with Gasteiger partial charge in [0, 0.05) is 36.3 Å². The molecule has 1 unspecified atom stereocenters. The van der Waals surface area contributed by atoms with Gasteiger partial charge in [0.15, 0.2) is 0 Å². The second-order valence-corrected chi connectivity index (χ2v) is 5.48. The number of nitrogens with two attached hydrogens (primary N) is 1. The van der Waals surface area contributed by atoms with E-state index in [2.05, 4.69) is 37.6 Å². The number of aryl methyl sites for hydroxylation is 1. The summed E-state index contributed by atoms with van der Waals surface area (Å²) in [6, 6.07) is 0.284. The van der Waals surface area contributed by atoms with Gasteiger partial charge >= 0.3 is 0 Å². The lowest BCUT2D eigenvalue weighted by atomic mass is 10.1. The lowest BCUT2D eigenvalue weighted by molar-refractivity contribution is 0.735. The minimum Gasteiger partial charge on any atom is -0.355 e. The largest absolute Gasteiger partial charge is 0.355 e. The molecule has 1 fully saturated rings. The SMILES string of the molecule is CCc1nc(C(C)C)nc(N2CCC(N)C2)c1C. The van der Waals surface area contributed by atoms with Crippen molar-refractivity contribution < 1.29 is 0 Å². The number of aromatic nitrogens is 2. The van der Waals surface area contributed by atoms with Crippen molar-refractivity contribution in [3.63, 3.8) is 0 Å². The minimum absolute atomic E-state index is 0.284. The first-order valence-corrected chi connectivity index (χ1v) is 6.90. The standard InChI is InChI=1S/C14H24N4/c1-5-12-10(4)14(17-13(16-12)9(2)3)18-7-6-11(15)8-18/h9,11H,5-8,15H2,1-4H3. The summed E-state index contributed by atoms with van der Waals surface area (Å²) in [5.74, 6) is 2.41. The number of anilines is 1. The van der Waals surface area contributed by atoms with Crippen LogP contribution in [0, 0.1) is 6.92 Å². The molecule has 1 aromatic rings. The zero-order valence-corrected chi connectivity index (χ0v) is 11.9. The molecule has 2 rings (SSSR count). The third-order valence-corrected chi connectivity index (χ3v) is 3.61. The fourth-order valence-electron chi connectivity index (χ4n) is 2.46. The van der Waals surface area contributed by atoms with Crippen LogP contribution in [0.5, 0.6) is 0 Å². The van der Waals surface area contributed by atoms with Gasteiger partial charge in [-0.2, -0.15) is 0 Å². The Balaban J connectivity index is 2.41. The van der Waals surface area contributed by atoms with E-state index in [0.29, 0.717) is 5.92 Å². The Morgan fingerprint density at radius 1 is 1.39 bits per heavy atom. The van der Waals surface area contributed by atoms with Crippen molar-refractivity contribution >= 4 is 5.82 Å². The summed E-state index contributed by atoms with van der Waals surface area (Å²) >= 11 is 0. The van der Waals surface area contributed by atoms with Gasteiger partial charge in [-0.25, -0.2) is 9.97 Å². The van der Waals surface area contributed by atoms with Gasteiger partial charge in [-0.1, -0.05) is 20.8 Å². The lowest BCUT2D eigenvalue weighted by Gasteiger charge is -2.22. The molecule has 0 spiro atoms. The third kappa shape index (κ3) is 2.48. The molecule has 1 atom stereocenters. The van der Waals surface area contributed by atoms with E-state index >= 15 is 0 Å². The summed E-state index contributed by atoms with van der Waals surface area (Å²) in [5, 5.41) is 0. The van der Waals surface area contributed by atoms with Crippen LogP contribution in [0.4, 0.5) is 5.82 Å². The number of rotatable bonds is 3. The van der Waals surface area contributed by atoms with Crippen LogP contribution in [0.3, 0.4) is 0 Å². The van der Waals surface area contributed by atoms with Crippen molar-refractivity contribution in [2.45, 2.75) is 52.5 Å². The van der Waals surface area contributed by atoms with E-state index in [-0.39, 0.29) is 6.04 Å². The number of hydrogen-bond donors (Lipinski definition) is 1. The monoisotopic (exact) mass is 248 g/mol. The van der Waals surface area contributed by atoms with Crippen LogP contribution in [-0.2, 0) is 6.42 Å². The highest BCUT2D eigenvalue weighted by molar-refractivity contribution is 5.50. The Morgan fingerprint density at radius 3 is 2.61 bits per heavy atom. The van der Waals surface area contributed by atoms with Crippen LogP contribution >= 0.6 is 0 Å². The summed E-state index contributed by atoms with van der Waals surface area (Å²) in [6.45, 7) is 10.5. The molecule has 0 aliphatic carbocycles.